The average Bonchev–Trinajstić information content (AvgIpc) is 1.83. The van der Waals surface area contributed by atoms with Crippen molar-refractivity contribution < 1.29 is 52.7 Å². The Morgan fingerprint density at radius 2 is 1.64 bits per heavy atom. The van der Waals surface area contributed by atoms with Crippen LogP contribution in [0.25, 0.3) is 11.3 Å². The number of carbonyl (C=O) groups is 4. The summed E-state index contributed by atoms with van der Waals surface area (Å²) in [5.41, 5.74) is 2.72. The average molecular weight is 1180 g/mol. The molecular formula is C61H74N14O11. The highest BCUT2D eigenvalue weighted by molar-refractivity contribution is 6.13. The van der Waals surface area contributed by atoms with Crippen molar-refractivity contribution in [2.75, 3.05) is 95.3 Å². The van der Waals surface area contributed by atoms with Gasteiger partial charge in [-0.3, -0.25) is 19.3 Å². The van der Waals surface area contributed by atoms with Crippen molar-refractivity contribution in [3.05, 3.63) is 120 Å². The second-order valence-corrected chi connectivity index (χ2v) is 23.0. The lowest BCUT2D eigenvalue weighted by molar-refractivity contribution is -0.139. The van der Waals surface area contributed by atoms with Gasteiger partial charge in [0, 0.05) is 99.9 Å². The molecule has 5 aromatic heterocycles. The van der Waals surface area contributed by atoms with Gasteiger partial charge in [0.2, 0.25) is 17.7 Å². The van der Waals surface area contributed by atoms with Crippen molar-refractivity contribution in [1.29, 1.82) is 5.26 Å². The van der Waals surface area contributed by atoms with Gasteiger partial charge in [0.15, 0.2) is 5.78 Å². The van der Waals surface area contributed by atoms with Crippen LogP contribution in [0, 0.1) is 16.7 Å². The summed E-state index contributed by atoms with van der Waals surface area (Å²) in [5.74, 6) is 0.719. The number of carboxylic acid groups (broad SMARTS) is 1. The number of anilines is 2. The lowest BCUT2D eigenvalue weighted by Crippen LogP contribution is -2.55. The Balaban J connectivity index is 0.586. The van der Waals surface area contributed by atoms with Crippen molar-refractivity contribution in [3.8, 4) is 34.7 Å². The number of aliphatic carboxylic acids is 1. The second kappa shape index (κ2) is 28.6. The number of benzene rings is 1. The molecule has 9 rings (SSSR count). The van der Waals surface area contributed by atoms with Crippen LogP contribution >= 0.6 is 0 Å². The smallest absolute Gasteiger partial charge is 0.326 e. The Labute approximate surface area is 499 Å². The van der Waals surface area contributed by atoms with Gasteiger partial charge in [0.25, 0.3) is 5.91 Å². The predicted octanol–water partition coefficient (Wildman–Crippen LogP) is 5.64. The maximum Gasteiger partial charge on any atom is 0.326 e. The number of fused-ring (bicyclic) bond motifs is 1. The van der Waals surface area contributed by atoms with E-state index in [0.717, 1.165) is 19.6 Å². The number of aromatic nitrogens is 8. The van der Waals surface area contributed by atoms with Gasteiger partial charge in [-0.15, -0.1) is 5.10 Å². The van der Waals surface area contributed by atoms with E-state index in [1.807, 2.05) is 63.5 Å². The molecular weight excluding hydrogens is 1100 g/mol. The number of piperazine rings is 1. The van der Waals surface area contributed by atoms with E-state index < -0.39 is 23.5 Å². The number of rotatable bonds is 29. The fraction of sp³-hybridized carbons (Fsp3) is 0.475. The number of nitriles is 1. The molecule has 2 fully saturated rings. The lowest BCUT2D eigenvalue weighted by atomic mass is 9.88. The highest BCUT2D eigenvalue weighted by Crippen LogP contribution is 2.40. The number of Topliss-reactive ketones (excluding diaryl/α,β-unsaturated/α-hetero) is 1. The topological polar surface area (TPSA) is 288 Å². The molecule has 25 heteroatoms. The molecule has 2 amide bonds. The number of ketones is 1. The molecule has 6 aromatic rings. The minimum Gasteiger partial charge on any atom is -0.491 e. The zero-order valence-electron chi connectivity index (χ0n) is 49.5. The van der Waals surface area contributed by atoms with E-state index in [4.69, 9.17) is 33.4 Å². The van der Waals surface area contributed by atoms with E-state index >= 15 is 0 Å². The van der Waals surface area contributed by atoms with Crippen LogP contribution in [-0.2, 0) is 48.2 Å². The molecule has 8 heterocycles. The molecule has 0 bridgehead atoms. The first kappa shape index (κ1) is 62.0. The number of hydrogen-bond donors (Lipinski definition) is 2. The molecule has 0 unspecified atom stereocenters. The minimum absolute atomic E-state index is 0.0443. The van der Waals surface area contributed by atoms with Gasteiger partial charge in [-0.05, 0) is 75.4 Å². The van der Waals surface area contributed by atoms with Crippen molar-refractivity contribution in [2.45, 2.75) is 97.8 Å². The first-order valence-corrected chi connectivity index (χ1v) is 28.8. The summed E-state index contributed by atoms with van der Waals surface area (Å²) in [4.78, 5) is 82.2. The van der Waals surface area contributed by atoms with E-state index in [9.17, 15) is 29.5 Å². The summed E-state index contributed by atoms with van der Waals surface area (Å²) in [6.45, 7) is 19.3. The number of carboxylic acids is 1. The van der Waals surface area contributed by atoms with Crippen molar-refractivity contribution in [1.82, 2.24) is 55.0 Å². The minimum atomic E-state index is -1.08. The van der Waals surface area contributed by atoms with Gasteiger partial charge < -0.3 is 53.5 Å². The lowest BCUT2D eigenvalue weighted by Gasteiger charge is -2.39. The van der Waals surface area contributed by atoms with Crippen LogP contribution in [0.15, 0.2) is 91.6 Å². The molecule has 1 aromatic carbocycles. The number of hydrogen-bond acceptors (Lipinski definition) is 21. The molecule has 2 saturated heterocycles. The van der Waals surface area contributed by atoms with E-state index in [1.54, 1.807) is 67.3 Å². The molecule has 2 N–H and O–H groups in total. The highest BCUT2D eigenvalue weighted by atomic mass is 16.5. The molecule has 3 aliphatic rings. The van der Waals surface area contributed by atoms with Crippen LogP contribution in [-0.4, -0.2) is 188 Å². The molecule has 3 aliphatic heterocycles. The predicted molar refractivity (Wildman–Crippen MR) is 314 cm³/mol. The SMILES string of the molecule is C[C@@H]1CN(c2ncc(-c3ccc4c(n3)N(Cc3cccnc3C#N)C(C)(C)C4=O)cn2)CCN1C(=O)Cn1cc(COCCOCCOC2CN(CCOCCOc3cccc(Oc4ccc(C(=O)N[C@@H](CCC(C)(C)C)C(=O)O)cn4)c3)C2)nn1. The Hall–Kier alpha value is -8.54. The maximum absolute atomic E-state index is 13.5. The highest BCUT2D eigenvalue weighted by Gasteiger charge is 2.45. The van der Waals surface area contributed by atoms with E-state index in [1.165, 1.54) is 16.9 Å². The Bertz CT molecular complexity index is 3330. The molecule has 86 heavy (non-hydrogen) atoms. The van der Waals surface area contributed by atoms with E-state index in [-0.39, 0.29) is 53.8 Å². The fourth-order valence-electron chi connectivity index (χ4n) is 10.1. The van der Waals surface area contributed by atoms with Gasteiger partial charge in [-0.25, -0.2) is 34.4 Å². The third kappa shape index (κ3) is 16.5. The van der Waals surface area contributed by atoms with Gasteiger partial charge in [-0.1, -0.05) is 38.1 Å². The van der Waals surface area contributed by atoms with Crippen LogP contribution in [0.5, 0.6) is 17.4 Å². The largest absolute Gasteiger partial charge is 0.491 e. The fourth-order valence-corrected chi connectivity index (χ4v) is 10.1. The number of ether oxygens (including phenoxy) is 6. The molecule has 454 valence electrons. The second-order valence-electron chi connectivity index (χ2n) is 23.0. The quantitative estimate of drug-likeness (QED) is 0.0537. The maximum atomic E-state index is 13.5. The summed E-state index contributed by atoms with van der Waals surface area (Å²) in [7, 11) is 0. The number of amides is 2. The van der Waals surface area contributed by atoms with Crippen LogP contribution < -0.4 is 24.6 Å². The Morgan fingerprint density at radius 1 is 0.872 bits per heavy atom. The number of likely N-dealkylation sites (tertiary alicyclic amines) is 1. The summed E-state index contributed by atoms with van der Waals surface area (Å²) < 4.78 is 36.5. The molecule has 0 saturated carbocycles. The van der Waals surface area contributed by atoms with Crippen LogP contribution in [0.3, 0.4) is 0 Å². The summed E-state index contributed by atoms with van der Waals surface area (Å²) >= 11 is 0. The molecule has 0 radical (unpaired) electrons. The summed E-state index contributed by atoms with van der Waals surface area (Å²) in [5, 5.41) is 30.2. The van der Waals surface area contributed by atoms with E-state index in [0.29, 0.717) is 142 Å². The zero-order chi connectivity index (χ0) is 60.8. The van der Waals surface area contributed by atoms with Crippen molar-refractivity contribution in [2.24, 2.45) is 5.41 Å². The molecule has 25 nitrogen and oxygen atoms in total. The van der Waals surface area contributed by atoms with Crippen LogP contribution in [0.1, 0.15) is 92.1 Å². The van der Waals surface area contributed by atoms with Crippen molar-refractivity contribution in [3.63, 3.8) is 0 Å². The Kier molecular flexibility index (Phi) is 20.6. The zero-order valence-corrected chi connectivity index (χ0v) is 49.5. The normalized spacial score (nSPS) is 16.3. The number of pyridine rings is 3. The first-order valence-electron chi connectivity index (χ1n) is 28.8. The first-order chi connectivity index (χ1) is 41.4. The van der Waals surface area contributed by atoms with Gasteiger partial charge >= 0.3 is 5.97 Å². The van der Waals surface area contributed by atoms with Crippen LogP contribution in [0.4, 0.5) is 11.8 Å². The Morgan fingerprint density at radius 3 is 2.40 bits per heavy atom. The number of nitrogens with one attached hydrogen (secondary N) is 1. The third-order valence-electron chi connectivity index (χ3n) is 15.0. The van der Waals surface area contributed by atoms with Gasteiger partial charge in [-0.2, -0.15) is 5.26 Å². The van der Waals surface area contributed by atoms with Gasteiger partial charge in [0.1, 0.15) is 54.0 Å². The molecule has 0 spiro atoms. The van der Waals surface area contributed by atoms with Crippen LogP contribution in [0.2, 0.25) is 0 Å². The van der Waals surface area contributed by atoms with Gasteiger partial charge in [0.05, 0.1) is 80.9 Å². The molecule has 0 aliphatic carbocycles. The van der Waals surface area contributed by atoms with Crippen molar-refractivity contribution >= 4 is 35.3 Å². The molecule has 2 atom stereocenters. The number of nitrogens with zero attached hydrogens (tertiary/aromatic N) is 13. The number of carbonyl (C=O) groups excluding carboxylic acids is 3. The summed E-state index contributed by atoms with van der Waals surface area (Å²) in [6.07, 6.45) is 9.18. The monoisotopic (exact) mass is 1180 g/mol. The summed E-state index contributed by atoms with van der Waals surface area (Å²) in [6, 6.07) is 18.4. The third-order valence-corrected chi connectivity index (χ3v) is 15.0. The van der Waals surface area contributed by atoms with E-state index in [2.05, 4.69) is 51.4 Å². The standard InChI is InChI=1S/C61H74N14O11/c1-41-34-72(59-65-32-44(33-66-59)50-14-13-49-55(77)61(5,6)75(56(49)67-50)35-43-9-8-18-63-52(43)30-62)19-20-74(41)54(76)39-73-36-45(69-70-73)40-83-24-23-82-26-28-85-48-37-71(38-48)21-22-81-25-27-84-46-10-7-11-47(29-46)86-53-15-12-42(31-64-53)57(78)68-51(58(79)80)16-17-60(2,3)4/h7-15,18,29,31-33,36,41,48,51H,16-17,19-28,34-35,37-40H2,1-6H3,(H,68,78)(H,79,80)/t41-,51+/m1/s1.